The number of carbonyl (C=O) groups is 1. The number of fused-ring (bicyclic) bond motifs is 5. The van der Waals surface area contributed by atoms with Crippen LogP contribution in [0.2, 0.25) is 0 Å². The van der Waals surface area contributed by atoms with Gasteiger partial charge < -0.3 is 39.8 Å². The third-order valence-corrected chi connectivity index (χ3v) is 12.4. The van der Waals surface area contributed by atoms with Crippen LogP contribution in [-0.4, -0.2) is 69.8 Å². The normalized spacial score (nSPS) is 50.2. The Morgan fingerprint density at radius 2 is 1.67 bits per heavy atom. The van der Waals surface area contributed by atoms with E-state index in [1.54, 1.807) is 0 Å². The van der Waals surface area contributed by atoms with Crippen molar-refractivity contribution in [1.29, 1.82) is 0 Å². The molecule has 4 aliphatic carbocycles. The molecule has 0 aromatic carbocycles. The predicted octanol–water partition coefficient (Wildman–Crippen LogP) is -0.999. The number of hydrogen-bond acceptors (Lipinski definition) is 8. The van der Waals surface area contributed by atoms with Crippen LogP contribution in [0.15, 0.2) is 0 Å². The quantitative estimate of drug-likeness (QED) is 0.230. The number of aliphatic hydroxyl groups is 4. The summed E-state index contributed by atoms with van der Waals surface area (Å²) in [5, 5.41) is 51.3. The summed E-state index contributed by atoms with van der Waals surface area (Å²) in [5.41, 5.74) is 0.567. The van der Waals surface area contributed by atoms with Crippen molar-refractivity contribution in [2.45, 2.75) is 128 Å². The van der Waals surface area contributed by atoms with Crippen LogP contribution in [0.5, 0.6) is 0 Å². The zero-order chi connectivity index (χ0) is 27.4. The number of ether oxygens (including phenoxy) is 2. The van der Waals surface area contributed by atoms with Crippen LogP contribution in [0.25, 0.3) is 0 Å². The van der Waals surface area contributed by atoms with Crippen LogP contribution in [0.1, 0.15) is 91.4 Å². The van der Waals surface area contributed by atoms with Crippen LogP contribution < -0.4 is 34.7 Å². The molecule has 9 heteroatoms. The van der Waals surface area contributed by atoms with E-state index < -0.39 is 43.3 Å². The fourth-order valence-corrected chi connectivity index (χ4v) is 10.2. The van der Waals surface area contributed by atoms with E-state index in [1.807, 2.05) is 0 Å². The van der Waals surface area contributed by atoms with E-state index in [0.29, 0.717) is 29.1 Å². The molecular formula is C30H49NaO8. The van der Waals surface area contributed by atoms with E-state index in [0.717, 1.165) is 37.5 Å². The number of carboxylic acid groups (broad SMARTS) is 1. The van der Waals surface area contributed by atoms with Crippen molar-refractivity contribution in [3.05, 3.63) is 0 Å². The molecule has 218 valence electrons. The summed E-state index contributed by atoms with van der Waals surface area (Å²) >= 11 is 0. The fraction of sp³-hybridized carbons (Fsp3) is 0.967. The fourth-order valence-electron chi connectivity index (χ4n) is 10.2. The average Bonchev–Trinajstić information content (AvgIpc) is 3.25. The van der Waals surface area contributed by atoms with Gasteiger partial charge in [-0.05, 0) is 117 Å². The van der Waals surface area contributed by atoms with Crippen molar-refractivity contribution in [3.8, 4) is 0 Å². The number of aliphatic carboxylic acids is 1. The van der Waals surface area contributed by atoms with Gasteiger partial charge in [0.2, 0.25) is 0 Å². The van der Waals surface area contributed by atoms with E-state index in [4.69, 9.17) is 9.47 Å². The van der Waals surface area contributed by atoms with E-state index in [9.17, 15) is 30.3 Å². The maximum atomic E-state index is 11.1. The number of carboxylic acids is 1. The van der Waals surface area contributed by atoms with Gasteiger partial charge >= 0.3 is 29.6 Å². The molecule has 0 aromatic rings. The molecule has 4 N–H and O–H groups in total. The maximum absolute atomic E-state index is 11.1. The molecule has 1 saturated heterocycles. The first-order valence-corrected chi connectivity index (χ1v) is 15.2. The molecular weight excluding hydrogens is 511 g/mol. The van der Waals surface area contributed by atoms with E-state index in [-0.39, 0.29) is 47.5 Å². The molecule has 14 atom stereocenters. The zero-order valence-corrected chi connectivity index (χ0v) is 26.3. The Hall–Kier alpha value is 0.230. The van der Waals surface area contributed by atoms with Crippen molar-refractivity contribution < 1.29 is 69.4 Å². The Morgan fingerprint density at radius 3 is 2.36 bits per heavy atom. The minimum Gasteiger partial charge on any atom is -0.550 e. The van der Waals surface area contributed by atoms with Crippen LogP contribution in [-0.2, 0) is 14.3 Å². The Labute approximate surface area is 255 Å². The molecule has 5 aliphatic rings. The van der Waals surface area contributed by atoms with Crippen molar-refractivity contribution in [2.24, 2.45) is 46.3 Å². The standard InChI is InChI=1S/C30H50O8.Na/c1-16(4-9-24(32)33)20-7-8-21-19-6-5-17-14-18(10-12-29(17,2)22(19)11-13-30(20,21)3)37-28-27(36)26(35)25(34)23(15-31)38-28;/h16-23,25-28,31,34-36H,4-15H2,1-3H3,(H,32,33);/q;+1/p-1/t16-,17-,18-,19+,20-,21+,22+,23-,25-,26+,27+,28+,29+,30-;/m1./s1. The number of hydrogen-bond donors (Lipinski definition) is 4. The summed E-state index contributed by atoms with van der Waals surface area (Å²) < 4.78 is 11.8. The minimum atomic E-state index is -1.41. The molecule has 0 amide bonds. The van der Waals surface area contributed by atoms with Gasteiger partial charge in [0.25, 0.3) is 0 Å². The van der Waals surface area contributed by atoms with Gasteiger partial charge in [0, 0.05) is 5.97 Å². The molecule has 8 nitrogen and oxygen atoms in total. The molecule has 4 saturated carbocycles. The van der Waals surface area contributed by atoms with Gasteiger partial charge in [-0.25, -0.2) is 0 Å². The second kappa shape index (κ2) is 12.5. The molecule has 39 heavy (non-hydrogen) atoms. The zero-order valence-electron chi connectivity index (χ0n) is 24.3. The van der Waals surface area contributed by atoms with E-state index >= 15 is 0 Å². The summed E-state index contributed by atoms with van der Waals surface area (Å²) in [6, 6.07) is 0. The Bertz CT molecular complexity index is 857. The number of carbonyl (C=O) groups excluding carboxylic acids is 1. The SMILES string of the molecule is C[C@H](CCC(=O)[O-])[C@H]1CC[C@H]2[C@@H]3CC[C@@H]4C[C@H](O[C@H]5O[C@H](CO)[C@@H](O)[C@H](O)[C@@H]5O)CC[C@]4(C)[C@H]3CC[C@]12C.[Na+]. The van der Waals surface area contributed by atoms with E-state index in [2.05, 4.69) is 20.8 Å². The third-order valence-electron chi connectivity index (χ3n) is 12.4. The summed E-state index contributed by atoms with van der Waals surface area (Å²) in [6.45, 7) is 6.80. The van der Waals surface area contributed by atoms with Crippen molar-refractivity contribution >= 4 is 5.97 Å². The van der Waals surface area contributed by atoms with Gasteiger partial charge in [-0.1, -0.05) is 20.8 Å². The molecule has 5 fully saturated rings. The van der Waals surface area contributed by atoms with Crippen molar-refractivity contribution in [3.63, 3.8) is 0 Å². The first kappa shape index (κ1) is 32.2. The monoisotopic (exact) mass is 560 g/mol. The molecule has 1 heterocycles. The van der Waals surface area contributed by atoms with Crippen LogP contribution >= 0.6 is 0 Å². The van der Waals surface area contributed by atoms with Gasteiger partial charge in [-0.3, -0.25) is 0 Å². The Morgan fingerprint density at radius 1 is 0.974 bits per heavy atom. The predicted molar refractivity (Wildman–Crippen MR) is 137 cm³/mol. The second-order valence-electron chi connectivity index (χ2n) is 14.0. The van der Waals surface area contributed by atoms with Gasteiger partial charge in [-0.15, -0.1) is 0 Å². The molecule has 0 aromatic heterocycles. The smallest absolute Gasteiger partial charge is 0.550 e. The third kappa shape index (κ3) is 5.77. The van der Waals surface area contributed by atoms with Crippen molar-refractivity contribution in [2.75, 3.05) is 6.61 Å². The number of rotatable bonds is 7. The van der Waals surface area contributed by atoms with Crippen LogP contribution in [0.4, 0.5) is 0 Å². The minimum absolute atomic E-state index is 0. The molecule has 0 spiro atoms. The van der Waals surface area contributed by atoms with Gasteiger partial charge in [0.05, 0.1) is 12.7 Å². The Balaban J connectivity index is 0.00000353. The van der Waals surface area contributed by atoms with Crippen LogP contribution in [0.3, 0.4) is 0 Å². The average molecular weight is 561 g/mol. The van der Waals surface area contributed by atoms with Gasteiger partial charge in [0.1, 0.15) is 24.4 Å². The second-order valence-corrected chi connectivity index (χ2v) is 14.0. The summed E-state index contributed by atoms with van der Waals surface area (Å²) in [6.07, 6.45) is 4.86. The largest absolute Gasteiger partial charge is 1.00 e. The first-order chi connectivity index (χ1) is 18.0. The van der Waals surface area contributed by atoms with Gasteiger partial charge in [0.15, 0.2) is 6.29 Å². The van der Waals surface area contributed by atoms with Gasteiger partial charge in [-0.2, -0.15) is 0 Å². The van der Waals surface area contributed by atoms with E-state index in [1.165, 1.54) is 38.5 Å². The maximum Gasteiger partial charge on any atom is 1.00 e. The van der Waals surface area contributed by atoms with Crippen molar-refractivity contribution in [1.82, 2.24) is 0 Å². The molecule has 0 bridgehead atoms. The summed E-state index contributed by atoms with van der Waals surface area (Å²) in [5.74, 6) is 2.77. The molecule has 1 aliphatic heterocycles. The first-order valence-electron chi connectivity index (χ1n) is 15.2. The molecule has 0 unspecified atom stereocenters. The summed E-state index contributed by atoms with van der Waals surface area (Å²) in [7, 11) is 0. The molecule has 0 radical (unpaired) electrons. The molecule has 5 rings (SSSR count). The number of aliphatic hydroxyl groups excluding tert-OH is 4. The topological polar surface area (TPSA) is 140 Å². The Kier molecular flexibility index (Phi) is 10.3. The summed E-state index contributed by atoms with van der Waals surface area (Å²) in [4.78, 5) is 11.1. The van der Waals surface area contributed by atoms with Crippen LogP contribution in [0, 0.1) is 46.3 Å².